The first kappa shape index (κ1) is 13.3. The van der Waals surface area contributed by atoms with Gasteiger partial charge in [-0.15, -0.1) is 0 Å². The van der Waals surface area contributed by atoms with Gasteiger partial charge in [-0.1, -0.05) is 31.5 Å². The smallest absolute Gasteiger partial charge is 0.270 e. The number of hydrogen-bond donors (Lipinski definition) is 2. The predicted molar refractivity (Wildman–Crippen MR) is 75.8 cm³/mol. The van der Waals surface area contributed by atoms with E-state index in [0.717, 1.165) is 18.2 Å². The first-order valence-corrected chi connectivity index (χ1v) is 6.45. The van der Waals surface area contributed by atoms with Crippen molar-refractivity contribution in [3.05, 3.63) is 30.0 Å². The molecule has 5 heteroatoms. The summed E-state index contributed by atoms with van der Waals surface area (Å²) < 4.78 is 0. The maximum Gasteiger partial charge on any atom is 0.270 e. The third-order valence-corrected chi connectivity index (χ3v) is 2.93. The van der Waals surface area contributed by atoms with Crippen LogP contribution in [0.25, 0.3) is 10.9 Å². The standard InChI is InChI=1S/C14H18N4O/c1-3-6-9(2)16-13(19)12-10-7-4-5-8-11(10)17-14(15)18-12/h4-5,7-9H,3,6H2,1-2H3,(H,16,19)(H2,15,17,18). The molecule has 19 heavy (non-hydrogen) atoms. The molecule has 1 amide bonds. The van der Waals surface area contributed by atoms with Crippen molar-refractivity contribution in [1.29, 1.82) is 0 Å². The quantitative estimate of drug-likeness (QED) is 0.880. The molecule has 0 saturated carbocycles. The lowest BCUT2D eigenvalue weighted by molar-refractivity contribution is 0.0935. The molecule has 0 bridgehead atoms. The van der Waals surface area contributed by atoms with Gasteiger partial charge in [-0.3, -0.25) is 4.79 Å². The second-order valence-electron chi connectivity index (χ2n) is 4.61. The van der Waals surface area contributed by atoms with Gasteiger partial charge in [0.25, 0.3) is 5.91 Å². The van der Waals surface area contributed by atoms with Gasteiger partial charge in [0.1, 0.15) is 5.69 Å². The number of amides is 1. The summed E-state index contributed by atoms with van der Waals surface area (Å²) >= 11 is 0. The number of carbonyl (C=O) groups excluding carboxylic acids is 1. The number of hydrogen-bond acceptors (Lipinski definition) is 4. The van der Waals surface area contributed by atoms with E-state index in [-0.39, 0.29) is 17.9 Å². The molecule has 5 nitrogen and oxygen atoms in total. The van der Waals surface area contributed by atoms with Crippen molar-refractivity contribution in [2.24, 2.45) is 0 Å². The molecule has 0 aliphatic carbocycles. The van der Waals surface area contributed by atoms with Gasteiger partial charge in [0, 0.05) is 11.4 Å². The number of nitrogens with two attached hydrogens (primary N) is 1. The molecular formula is C14H18N4O. The highest BCUT2D eigenvalue weighted by atomic mass is 16.1. The van der Waals surface area contributed by atoms with Crippen LogP contribution in [0, 0.1) is 0 Å². The summed E-state index contributed by atoms with van der Waals surface area (Å²) in [5, 5.41) is 3.65. The summed E-state index contributed by atoms with van der Waals surface area (Å²) in [5.74, 6) is -0.0850. The number of carbonyl (C=O) groups is 1. The fraction of sp³-hybridized carbons (Fsp3) is 0.357. The molecule has 0 aliphatic heterocycles. The zero-order chi connectivity index (χ0) is 13.8. The molecule has 100 valence electrons. The molecule has 0 saturated heterocycles. The van der Waals surface area contributed by atoms with E-state index in [4.69, 9.17) is 5.73 Å². The number of anilines is 1. The number of nitrogens with zero attached hydrogens (tertiary/aromatic N) is 2. The Hall–Kier alpha value is -2.17. The number of para-hydroxylation sites is 1. The predicted octanol–water partition coefficient (Wildman–Crippen LogP) is 2.13. The minimum atomic E-state index is -0.203. The minimum absolute atomic E-state index is 0.118. The van der Waals surface area contributed by atoms with E-state index in [1.807, 2.05) is 31.2 Å². The fourth-order valence-electron chi connectivity index (χ4n) is 2.06. The second kappa shape index (κ2) is 5.65. The average Bonchev–Trinajstić information content (AvgIpc) is 2.37. The minimum Gasteiger partial charge on any atom is -0.368 e. The van der Waals surface area contributed by atoms with Gasteiger partial charge in [0.05, 0.1) is 5.52 Å². The Morgan fingerprint density at radius 2 is 2.11 bits per heavy atom. The molecular weight excluding hydrogens is 240 g/mol. The van der Waals surface area contributed by atoms with Crippen molar-refractivity contribution in [2.75, 3.05) is 5.73 Å². The fourth-order valence-corrected chi connectivity index (χ4v) is 2.06. The Bertz CT molecular complexity index is 597. The topological polar surface area (TPSA) is 80.9 Å². The Morgan fingerprint density at radius 1 is 1.37 bits per heavy atom. The highest BCUT2D eigenvalue weighted by Crippen LogP contribution is 2.16. The van der Waals surface area contributed by atoms with Crippen LogP contribution in [0.15, 0.2) is 24.3 Å². The third-order valence-electron chi connectivity index (χ3n) is 2.93. The van der Waals surface area contributed by atoms with Crippen molar-refractivity contribution in [3.63, 3.8) is 0 Å². The number of nitrogens with one attached hydrogen (secondary N) is 1. The van der Waals surface area contributed by atoms with Crippen LogP contribution < -0.4 is 11.1 Å². The maximum absolute atomic E-state index is 12.2. The van der Waals surface area contributed by atoms with Gasteiger partial charge in [-0.2, -0.15) is 0 Å². The van der Waals surface area contributed by atoms with Gasteiger partial charge >= 0.3 is 0 Å². The largest absolute Gasteiger partial charge is 0.368 e. The van der Waals surface area contributed by atoms with Crippen LogP contribution in [0.5, 0.6) is 0 Å². The molecule has 1 unspecified atom stereocenters. The van der Waals surface area contributed by atoms with Gasteiger partial charge in [-0.25, -0.2) is 9.97 Å². The molecule has 0 spiro atoms. The van der Waals surface area contributed by atoms with Crippen LogP contribution in [0.2, 0.25) is 0 Å². The van der Waals surface area contributed by atoms with Crippen LogP contribution >= 0.6 is 0 Å². The lowest BCUT2D eigenvalue weighted by atomic mass is 10.1. The zero-order valence-corrected chi connectivity index (χ0v) is 11.2. The summed E-state index contributed by atoms with van der Waals surface area (Å²) in [5.41, 5.74) is 6.67. The Kier molecular flexibility index (Phi) is 3.94. The van der Waals surface area contributed by atoms with Gasteiger partial charge in [-0.05, 0) is 19.4 Å². The summed E-state index contributed by atoms with van der Waals surface area (Å²) in [6.45, 7) is 4.06. The van der Waals surface area contributed by atoms with Crippen LogP contribution in [0.3, 0.4) is 0 Å². The van der Waals surface area contributed by atoms with Gasteiger partial charge in [0.2, 0.25) is 5.95 Å². The van der Waals surface area contributed by atoms with Crippen molar-refractivity contribution in [2.45, 2.75) is 32.7 Å². The molecule has 1 aromatic carbocycles. The van der Waals surface area contributed by atoms with Gasteiger partial charge in [0.15, 0.2) is 0 Å². The van der Waals surface area contributed by atoms with E-state index in [1.54, 1.807) is 0 Å². The monoisotopic (exact) mass is 258 g/mol. The van der Waals surface area contributed by atoms with Gasteiger partial charge < -0.3 is 11.1 Å². The molecule has 0 fully saturated rings. The summed E-state index contributed by atoms with van der Waals surface area (Å²) in [4.78, 5) is 20.4. The van der Waals surface area contributed by atoms with Crippen molar-refractivity contribution in [3.8, 4) is 0 Å². The summed E-state index contributed by atoms with van der Waals surface area (Å²) in [6.07, 6.45) is 1.96. The molecule has 3 N–H and O–H groups in total. The molecule has 0 aliphatic rings. The molecule has 2 aromatic rings. The van der Waals surface area contributed by atoms with E-state index in [9.17, 15) is 4.79 Å². The SMILES string of the molecule is CCCC(C)NC(=O)c1nc(N)nc2ccccc12. The molecule has 1 atom stereocenters. The van der Waals surface area contributed by atoms with E-state index in [1.165, 1.54) is 0 Å². The number of aromatic nitrogens is 2. The number of fused-ring (bicyclic) bond motifs is 1. The Morgan fingerprint density at radius 3 is 2.84 bits per heavy atom. The molecule has 1 aromatic heterocycles. The molecule has 1 heterocycles. The molecule has 0 radical (unpaired) electrons. The van der Waals surface area contributed by atoms with E-state index in [2.05, 4.69) is 22.2 Å². The van der Waals surface area contributed by atoms with Crippen LogP contribution in [-0.4, -0.2) is 21.9 Å². The Balaban J connectivity index is 2.36. The second-order valence-corrected chi connectivity index (χ2v) is 4.61. The Labute approximate surface area is 112 Å². The first-order valence-electron chi connectivity index (χ1n) is 6.45. The highest BCUT2D eigenvalue weighted by Gasteiger charge is 2.15. The molecule has 2 rings (SSSR count). The maximum atomic E-state index is 12.2. The van der Waals surface area contributed by atoms with E-state index < -0.39 is 0 Å². The van der Waals surface area contributed by atoms with Crippen LogP contribution in [0.4, 0.5) is 5.95 Å². The van der Waals surface area contributed by atoms with Crippen molar-refractivity contribution < 1.29 is 4.79 Å². The first-order chi connectivity index (χ1) is 9.11. The average molecular weight is 258 g/mol. The zero-order valence-electron chi connectivity index (χ0n) is 11.2. The van der Waals surface area contributed by atoms with E-state index >= 15 is 0 Å². The lowest BCUT2D eigenvalue weighted by Gasteiger charge is -2.13. The lowest BCUT2D eigenvalue weighted by Crippen LogP contribution is -2.33. The van der Waals surface area contributed by atoms with Crippen molar-refractivity contribution >= 4 is 22.8 Å². The summed E-state index contributed by atoms with van der Waals surface area (Å²) in [6, 6.07) is 7.48. The number of benzene rings is 1. The normalized spacial score (nSPS) is 12.3. The van der Waals surface area contributed by atoms with Crippen LogP contribution in [0.1, 0.15) is 37.2 Å². The highest BCUT2D eigenvalue weighted by molar-refractivity contribution is 6.04. The number of nitrogen functional groups attached to an aromatic ring is 1. The van der Waals surface area contributed by atoms with Crippen LogP contribution in [-0.2, 0) is 0 Å². The number of rotatable bonds is 4. The third kappa shape index (κ3) is 2.99. The summed E-state index contributed by atoms with van der Waals surface area (Å²) in [7, 11) is 0. The van der Waals surface area contributed by atoms with Crippen molar-refractivity contribution in [1.82, 2.24) is 15.3 Å². The van der Waals surface area contributed by atoms with E-state index in [0.29, 0.717) is 11.2 Å².